The number of nitrogens with zero attached hydrogens (tertiary/aromatic N) is 3. The molecule has 1 aromatic heterocycles. The number of halogens is 2. The van der Waals surface area contributed by atoms with Crippen LogP contribution in [0, 0.1) is 13.8 Å². The molecule has 0 aliphatic heterocycles. The molecule has 26 heavy (non-hydrogen) atoms. The van der Waals surface area contributed by atoms with Crippen molar-refractivity contribution in [3.05, 3.63) is 41.7 Å². The second-order valence-corrected chi connectivity index (χ2v) is 6.88. The first-order valence-corrected chi connectivity index (χ1v) is 9.19. The summed E-state index contributed by atoms with van der Waals surface area (Å²) in [6, 6.07) is 6.14. The second kappa shape index (κ2) is 9.68. The molecule has 0 aliphatic rings. The van der Waals surface area contributed by atoms with Crippen molar-refractivity contribution >= 4 is 17.7 Å². The highest BCUT2D eigenvalue weighted by Crippen LogP contribution is 2.22. The first kappa shape index (κ1) is 20.4. The van der Waals surface area contributed by atoms with Crippen LogP contribution in [0.15, 0.2) is 35.7 Å². The first-order chi connectivity index (χ1) is 12.4. The van der Waals surface area contributed by atoms with Gasteiger partial charge in [-0.15, -0.1) is 0 Å². The summed E-state index contributed by atoms with van der Waals surface area (Å²) in [5, 5.41) is 0.645. The fourth-order valence-electron chi connectivity index (χ4n) is 2.59. The van der Waals surface area contributed by atoms with Crippen LogP contribution in [-0.4, -0.2) is 59.3 Å². The molecular formula is C18H23F2N3O2S. The van der Waals surface area contributed by atoms with E-state index in [0.717, 1.165) is 21.7 Å². The van der Waals surface area contributed by atoms with E-state index in [-0.39, 0.29) is 24.8 Å². The maximum Gasteiger partial charge on any atom is 0.255 e. The molecule has 1 amide bonds. The summed E-state index contributed by atoms with van der Waals surface area (Å²) in [4.78, 5) is 17.7. The molecule has 142 valence electrons. The summed E-state index contributed by atoms with van der Waals surface area (Å²) in [5.74, 6) is -0.319. The molecule has 0 unspecified atom stereocenters. The molecule has 0 saturated heterocycles. The smallest absolute Gasteiger partial charge is 0.255 e. The van der Waals surface area contributed by atoms with Crippen molar-refractivity contribution in [1.82, 2.24) is 14.5 Å². The fraction of sp³-hybridized carbons (Fsp3) is 0.444. The molecule has 1 aromatic carbocycles. The molecule has 0 aliphatic carbocycles. The van der Waals surface area contributed by atoms with Crippen LogP contribution < -0.4 is 0 Å². The van der Waals surface area contributed by atoms with Crippen molar-refractivity contribution in [3.8, 4) is 5.69 Å². The number of thioether (sulfide) groups is 1. The molecule has 1 heterocycles. The van der Waals surface area contributed by atoms with Gasteiger partial charge in [0.05, 0.1) is 18.9 Å². The summed E-state index contributed by atoms with van der Waals surface area (Å²) in [7, 11) is 1.47. The zero-order chi connectivity index (χ0) is 19.1. The van der Waals surface area contributed by atoms with Gasteiger partial charge in [-0.2, -0.15) is 0 Å². The summed E-state index contributed by atoms with van der Waals surface area (Å²) >= 11 is 1.23. The number of hydrogen-bond acceptors (Lipinski definition) is 4. The minimum absolute atomic E-state index is 0.0399. The Morgan fingerprint density at radius 1 is 1.31 bits per heavy atom. The van der Waals surface area contributed by atoms with E-state index < -0.39 is 13.0 Å². The number of aromatic nitrogens is 2. The van der Waals surface area contributed by atoms with Crippen molar-refractivity contribution in [2.45, 2.75) is 25.4 Å². The van der Waals surface area contributed by atoms with Gasteiger partial charge in [-0.25, -0.2) is 13.8 Å². The van der Waals surface area contributed by atoms with E-state index in [4.69, 9.17) is 4.74 Å². The Bertz CT molecular complexity index is 717. The topological polar surface area (TPSA) is 47.4 Å². The second-order valence-electron chi connectivity index (χ2n) is 5.94. The number of benzene rings is 1. The first-order valence-electron chi connectivity index (χ1n) is 8.20. The van der Waals surface area contributed by atoms with E-state index in [1.807, 2.05) is 36.7 Å². The van der Waals surface area contributed by atoms with Gasteiger partial charge in [-0.1, -0.05) is 17.8 Å². The van der Waals surface area contributed by atoms with Crippen LogP contribution in [-0.2, 0) is 9.53 Å². The Morgan fingerprint density at radius 3 is 2.62 bits per heavy atom. The van der Waals surface area contributed by atoms with Crippen LogP contribution in [0.1, 0.15) is 11.1 Å². The largest absolute Gasteiger partial charge is 0.383 e. The van der Waals surface area contributed by atoms with E-state index in [0.29, 0.717) is 5.16 Å². The Labute approximate surface area is 156 Å². The number of alkyl halides is 2. The predicted octanol–water partition coefficient (Wildman–Crippen LogP) is 3.32. The number of carbonyl (C=O) groups is 1. The minimum atomic E-state index is -2.57. The SMILES string of the molecule is COCCN(CC(F)F)C(=O)CSc1nccn1-c1cc(C)cc(C)c1. The van der Waals surface area contributed by atoms with Crippen molar-refractivity contribution in [2.75, 3.05) is 32.6 Å². The highest BCUT2D eigenvalue weighted by Gasteiger charge is 2.19. The minimum Gasteiger partial charge on any atom is -0.383 e. The van der Waals surface area contributed by atoms with Crippen LogP contribution in [0.4, 0.5) is 8.78 Å². The fourth-order valence-corrected chi connectivity index (χ4v) is 3.46. The van der Waals surface area contributed by atoms with Crippen molar-refractivity contribution in [1.29, 1.82) is 0 Å². The molecule has 0 fully saturated rings. The third-order valence-corrected chi connectivity index (χ3v) is 4.64. The Balaban J connectivity index is 2.07. The van der Waals surface area contributed by atoms with Crippen LogP contribution in [0.5, 0.6) is 0 Å². The Morgan fingerprint density at radius 2 is 2.00 bits per heavy atom. The molecule has 2 aromatic rings. The lowest BCUT2D eigenvalue weighted by atomic mass is 10.1. The summed E-state index contributed by atoms with van der Waals surface area (Å²) in [6.07, 6.45) is 0.910. The van der Waals surface area contributed by atoms with Crippen molar-refractivity contribution in [3.63, 3.8) is 0 Å². The Kier molecular flexibility index (Phi) is 7.59. The Hall–Kier alpha value is -1.93. The number of hydrogen-bond donors (Lipinski definition) is 0. The molecule has 2 rings (SSSR count). The number of amides is 1. The van der Waals surface area contributed by atoms with Crippen LogP contribution in [0.3, 0.4) is 0 Å². The molecule has 0 spiro atoms. The summed E-state index contributed by atoms with van der Waals surface area (Å²) in [5.41, 5.74) is 3.21. The molecule has 8 heteroatoms. The zero-order valence-corrected chi connectivity index (χ0v) is 15.9. The van der Waals surface area contributed by atoms with E-state index >= 15 is 0 Å². The number of rotatable bonds is 9. The highest BCUT2D eigenvalue weighted by molar-refractivity contribution is 7.99. The zero-order valence-electron chi connectivity index (χ0n) is 15.1. The number of carbonyl (C=O) groups excluding carboxylic acids is 1. The van der Waals surface area contributed by atoms with Gasteiger partial charge in [-0.3, -0.25) is 9.36 Å². The van der Waals surface area contributed by atoms with E-state index in [9.17, 15) is 13.6 Å². The van der Waals surface area contributed by atoms with Gasteiger partial charge in [0, 0.05) is 31.7 Å². The maximum atomic E-state index is 12.7. The van der Waals surface area contributed by atoms with Gasteiger partial charge in [0.1, 0.15) is 0 Å². The van der Waals surface area contributed by atoms with Gasteiger partial charge in [0.2, 0.25) is 5.91 Å². The monoisotopic (exact) mass is 383 g/mol. The number of aryl methyl sites for hydroxylation is 2. The summed E-state index contributed by atoms with van der Waals surface area (Å²) < 4.78 is 32.2. The molecule has 5 nitrogen and oxygen atoms in total. The highest BCUT2D eigenvalue weighted by atomic mass is 32.2. The van der Waals surface area contributed by atoms with Gasteiger partial charge >= 0.3 is 0 Å². The van der Waals surface area contributed by atoms with Gasteiger partial charge in [0.25, 0.3) is 6.43 Å². The normalized spacial score (nSPS) is 11.2. The lowest BCUT2D eigenvalue weighted by Gasteiger charge is -2.21. The number of methoxy groups -OCH3 is 1. The average Bonchev–Trinajstić information content (AvgIpc) is 3.03. The molecule has 0 atom stereocenters. The third kappa shape index (κ3) is 5.81. The predicted molar refractivity (Wildman–Crippen MR) is 98.2 cm³/mol. The average molecular weight is 383 g/mol. The van der Waals surface area contributed by atoms with E-state index in [1.165, 1.54) is 18.9 Å². The van der Waals surface area contributed by atoms with Crippen molar-refractivity contribution in [2.24, 2.45) is 0 Å². The van der Waals surface area contributed by atoms with Crippen LogP contribution in [0.25, 0.3) is 5.69 Å². The lowest BCUT2D eigenvalue weighted by molar-refractivity contribution is -0.130. The third-order valence-electron chi connectivity index (χ3n) is 3.69. The lowest BCUT2D eigenvalue weighted by Crippen LogP contribution is -2.38. The standard InChI is InChI=1S/C18H23F2N3O2S/c1-13-8-14(2)10-15(9-13)23-5-4-21-18(23)26-12-17(24)22(6-7-25-3)11-16(19)20/h4-5,8-10,16H,6-7,11-12H2,1-3H3. The van der Waals surface area contributed by atoms with Gasteiger partial charge in [-0.05, 0) is 37.1 Å². The quantitative estimate of drug-likeness (QED) is 0.623. The molecule has 0 saturated carbocycles. The van der Waals surface area contributed by atoms with E-state index in [2.05, 4.69) is 11.1 Å². The molecule has 0 bridgehead atoms. The molecule has 0 radical (unpaired) electrons. The van der Waals surface area contributed by atoms with Gasteiger partial charge in [0.15, 0.2) is 5.16 Å². The number of imidazole rings is 1. The van der Waals surface area contributed by atoms with Crippen molar-refractivity contribution < 1.29 is 18.3 Å². The number of ether oxygens (including phenoxy) is 1. The van der Waals surface area contributed by atoms with Gasteiger partial charge < -0.3 is 9.64 Å². The summed E-state index contributed by atoms with van der Waals surface area (Å²) in [6.45, 7) is 3.81. The van der Waals surface area contributed by atoms with E-state index in [1.54, 1.807) is 6.20 Å². The van der Waals surface area contributed by atoms with Crippen LogP contribution in [0.2, 0.25) is 0 Å². The molecule has 0 N–H and O–H groups in total. The maximum absolute atomic E-state index is 12.7. The molecular weight excluding hydrogens is 360 g/mol. The van der Waals surface area contributed by atoms with Crippen LogP contribution >= 0.6 is 11.8 Å².